The summed E-state index contributed by atoms with van der Waals surface area (Å²) in [6.07, 6.45) is 2.31. The Balaban J connectivity index is 1.71. The third-order valence-corrected chi connectivity index (χ3v) is 3.56. The van der Waals surface area contributed by atoms with Crippen molar-refractivity contribution < 1.29 is 14.3 Å². The maximum Gasteiger partial charge on any atom is 0.237 e. The summed E-state index contributed by atoms with van der Waals surface area (Å²) in [4.78, 5) is 16.6. The summed E-state index contributed by atoms with van der Waals surface area (Å²) in [5.41, 5.74) is 1.65. The van der Waals surface area contributed by atoms with Gasteiger partial charge in [-0.3, -0.25) is 4.79 Å². The van der Waals surface area contributed by atoms with Gasteiger partial charge in [0, 0.05) is 6.20 Å². The van der Waals surface area contributed by atoms with Gasteiger partial charge in [0.15, 0.2) is 0 Å². The van der Waals surface area contributed by atoms with E-state index in [-0.39, 0.29) is 11.8 Å². The number of rotatable bonds is 4. The molecule has 1 amide bonds. The highest BCUT2D eigenvalue weighted by Gasteiger charge is 2.26. The standard InChI is InChI=1S/C17H18N2O3/c1-2-21-17-14(7-5-9-18-17)19-16(20)13-10-12-6-3-4-8-15(12)22-11-13/h3-9,13H,2,10-11H2,1H3,(H,19,20)/t13-/m0/s1. The van der Waals surface area contributed by atoms with Gasteiger partial charge in [-0.1, -0.05) is 18.2 Å². The van der Waals surface area contributed by atoms with E-state index in [4.69, 9.17) is 9.47 Å². The third-order valence-electron chi connectivity index (χ3n) is 3.56. The Bertz CT molecular complexity index is 672. The second-order valence-corrected chi connectivity index (χ2v) is 5.10. The van der Waals surface area contributed by atoms with E-state index in [9.17, 15) is 4.79 Å². The fraction of sp³-hybridized carbons (Fsp3) is 0.294. The summed E-state index contributed by atoms with van der Waals surface area (Å²) in [5, 5.41) is 2.89. The largest absolute Gasteiger partial charge is 0.492 e. The van der Waals surface area contributed by atoms with Crippen molar-refractivity contribution in [2.45, 2.75) is 13.3 Å². The molecule has 2 aromatic rings. The highest BCUT2D eigenvalue weighted by molar-refractivity contribution is 5.94. The molecule has 22 heavy (non-hydrogen) atoms. The number of nitrogens with one attached hydrogen (secondary N) is 1. The minimum Gasteiger partial charge on any atom is -0.492 e. The minimum absolute atomic E-state index is 0.0801. The first kappa shape index (κ1) is 14.4. The summed E-state index contributed by atoms with van der Waals surface area (Å²) in [6, 6.07) is 11.4. The van der Waals surface area contributed by atoms with Crippen LogP contribution >= 0.6 is 0 Å². The number of amides is 1. The van der Waals surface area contributed by atoms with Gasteiger partial charge in [0.05, 0.1) is 12.5 Å². The number of nitrogens with zero attached hydrogens (tertiary/aromatic N) is 1. The van der Waals surface area contributed by atoms with Gasteiger partial charge in [-0.25, -0.2) is 4.98 Å². The lowest BCUT2D eigenvalue weighted by Gasteiger charge is -2.24. The van der Waals surface area contributed by atoms with Crippen LogP contribution in [0.1, 0.15) is 12.5 Å². The first-order valence-corrected chi connectivity index (χ1v) is 7.37. The Morgan fingerprint density at radius 1 is 1.36 bits per heavy atom. The predicted octanol–water partition coefficient (Wildman–Crippen LogP) is 2.67. The average Bonchev–Trinajstić information content (AvgIpc) is 2.56. The van der Waals surface area contributed by atoms with E-state index in [2.05, 4.69) is 10.3 Å². The molecule has 0 unspecified atom stereocenters. The van der Waals surface area contributed by atoms with E-state index in [1.165, 1.54) is 0 Å². The average molecular weight is 298 g/mol. The normalized spacial score (nSPS) is 16.3. The third kappa shape index (κ3) is 3.03. The van der Waals surface area contributed by atoms with E-state index in [1.807, 2.05) is 31.2 Å². The molecular formula is C17H18N2O3. The van der Waals surface area contributed by atoms with E-state index >= 15 is 0 Å². The molecule has 0 aliphatic carbocycles. The zero-order valence-corrected chi connectivity index (χ0v) is 12.4. The van der Waals surface area contributed by atoms with E-state index < -0.39 is 0 Å². The Hall–Kier alpha value is -2.56. The summed E-state index contributed by atoms with van der Waals surface area (Å²) >= 11 is 0. The zero-order valence-electron chi connectivity index (χ0n) is 12.4. The van der Waals surface area contributed by atoms with Crippen LogP contribution in [0.3, 0.4) is 0 Å². The summed E-state index contributed by atoms with van der Waals surface area (Å²) in [6.45, 7) is 2.76. The Labute approximate surface area is 129 Å². The van der Waals surface area contributed by atoms with Gasteiger partial charge in [0.1, 0.15) is 18.0 Å². The number of pyridine rings is 1. The topological polar surface area (TPSA) is 60.5 Å². The monoisotopic (exact) mass is 298 g/mol. The number of carbonyl (C=O) groups excluding carboxylic acids is 1. The number of hydrogen-bond donors (Lipinski definition) is 1. The van der Waals surface area contributed by atoms with Crippen LogP contribution in [0.4, 0.5) is 5.69 Å². The van der Waals surface area contributed by atoms with Crippen molar-refractivity contribution in [3.8, 4) is 11.6 Å². The smallest absolute Gasteiger partial charge is 0.237 e. The van der Waals surface area contributed by atoms with Gasteiger partial charge in [-0.05, 0) is 37.1 Å². The van der Waals surface area contributed by atoms with Gasteiger partial charge in [-0.2, -0.15) is 0 Å². The molecule has 5 nitrogen and oxygen atoms in total. The molecule has 1 aliphatic heterocycles. The van der Waals surface area contributed by atoms with Gasteiger partial charge in [-0.15, -0.1) is 0 Å². The highest BCUT2D eigenvalue weighted by atomic mass is 16.5. The first-order valence-electron chi connectivity index (χ1n) is 7.37. The van der Waals surface area contributed by atoms with Crippen LogP contribution < -0.4 is 14.8 Å². The summed E-state index contributed by atoms with van der Waals surface area (Å²) in [5.74, 6) is 1.01. The van der Waals surface area contributed by atoms with Crippen LogP contribution in [-0.4, -0.2) is 24.1 Å². The SMILES string of the molecule is CCOc1ncccc1NC(=O)[C@@H]1COc2ccccc2C1. The number of benzene rings is 1. The number of fused-ring (bicyclic) bond motifs is 1. The van der Waals surface area contributed by atoms with Crippen LogP contribution in [0.25, 0.3) is 0 Å². The van der Waals surface area contributed by atoms with Crippen molar-refractivity contribution in [3.63, 3.8) is 0 Å². The van der Waals surface area contributed by atoms with Crippen molar-refractivity contribution in [3.05, 3.63) is 48.2 Å². The number of para-hydroxylation sites is 1. The molecule has 114 valence electrons. The molecule has 0 bridgehead atoms. The molecule has 0 radical (unpaired) electrons. The van der Waals surface area contributed by atoms with Crippen LogP contribution in [0.2, 0.25) is 0 Å². The number of anilines is 1. The molecule has 5 heteroatoms. The van der Waals surface area contributed by atoms with Crippen molar-refractivity contribution in [2.24, 2.45) is 5.92 Å². The highest BCUT2D eigenvalue weighted by Crippen LogP contribution is 2.28. The Kier molecular flexibility index (Phi) is 4.23. The van der Waals surface area contributed by atoms with E-state index in [1.54, 1.807) is 18.3 Å². The molecule has 0 spiro atoms. The summed E-state index contributed by atoms with van der Waals surface area (Å²) in [7, 11) is 0. The molecule has 1 N–H and O–H groups in total. The van der Waals surface area contributed by atoms with Crippen LogP contribution in [-0.2, 0) is 11.2 Å². The fourth-order valence-electron chi connectivity index (χ4n) is 2.47. The molecule has 2 heterocycles. The lowest BCUT2D eigenvalue weighted by molar-refractivity contribution is -0.121. The number of carbonyl (C=O) groups is 1. The quantitative estimate of drug-likeness (QED) is 0.942. The lowest BCUT2D eigenvalue weighted by atomic mass is 9.96. The summed E-state index contributed by atoms with van der Waals surface area (Å²) < 4.78 is 11.1. The minimum atomic E-state index is -0.218. The van der Waals surface area contributed by atoms with Crippen molar-refractivity contribution in [1.82, 2.24) is 4.98 Å². The van der Waals surface area contributed by atoms with E-state index in [0.29, 0.717) is 31.2 Å². The molecule has 0 saturated heterocycles. The molecule has 0 fully saturated rings. The van der Waals surface area contributed by atoms with Gasteiger partial charge >= 0.3 is 0 Å². The zero-order chi connectivity index (χ0) is 15.4. The van der Waals surface area contributed by atoms with Crippen LogP contribution in [0.5, 0.6) is 11.6 Å². The molecule has 1 aromatic heterocycles. The molecule has 1 aliphatic rings. The second-order valence-electron chi connectivity index (χ2n) is 5.10. The van der Waals surface area contributed by atoms with Crippen LogP contribution in [0, 0.1) is 5.92 Å². The van der Waals surface area contributed by atoms with Gasteiger partial charge in [0.25, 0.3) is 0 Å². The number of hydrogen-bond acceptors (Lipinski definition) is 4. The maximum absolute atomic E-state index is 12.5. The van der Waals surface area contributed by atoms with Crippen molar-refractivity contribution in [1.29, 1.82) is 0 Å². The molecule has 3 rings (SSSR count). The number of ether oxygens (including phenoxy) is 2. The predicted molar refractivity (Wildman–Crippen MR) is 83.2 cm³/mol. The number of aromatic nitrogens is 1. The fourth-order valence-corrected chi connectivity index (χ4v) is 2.47. The van der Waals surface area contributed by atoms with Gasteiger partial charge in [0.2, 0.25) is 11.8 Å². The molecule has 1 aromatic carbocycles. The van der Waals surface area contributed by atoms with Gasteiger partial charge < -0.3 is 14.8 Å². The Morgan fingerprint density at radius 3 is 3.09 bits per heavy atom. The van der Waals surface area contributed by atoms with Crippen molar-refractivity contribution >= 4 is 11.6 Å². The lowest BCUT2D eigenvalue weighted by Crippen LogP contribution is -2.32. The first-order chi connectivity index (χ1) is 10.8. The Morgan fingerprint density at radius 2 is 2.23 bits per heavy atom. The molecule has 1 atom stereocenters. The molecule has 0 saturated carbocycles. The van der Waals surface area contributed by atoms with Crippen LogP contribution in [0.15, 0.2) is 42.6 Å². The van der Waals surface area contributed by atoms with Crippen molar-refractivity contribution in [2.75, 3.05) is 18.5 Å². The maximum atomic E-state index is 12.5. The second kappa shape index (κ2) is 6.47. The molecular weight excluding hydrogens is 280 g/mol. The van der Waals surface area contributed by atoms with E-state index in [0.717, 1.165) is 11.3 Å².